The SMILES string of the molecule is CCCCCCOCC(O)CNCc1cncs1. The zero-order valence-corrected chi connectivity index (χ0v) is 11.9. The van der Waals surface area contributed by atoms with Gasteiger partial charge >= 0.3 is 0 Å². The van der Waals surface area contributed by atoms with E-state index in [-0.39, 0.29) is 0 Å². The molecule has 0 bridgehead atoms. The quantitative estimate of drug-likeness (QED) is 0.606. The largest absolute Gasteiger partial charge is 0.389 e. The minimum Gasteiger partial charge on any atom is -0.389 e. The molecule has 104 valence electrons. The predicted octanol–water partition coefficient (Wildman–Crippen LogP) is 2.19. The minimum atomic E-state index is -0.427. The Morgan fingerprint density at radius 2 is 2.33 bits per heavy atom. The van der Waals surface area contributed by atoms with Gasteiger partial charge in [0.05, 0.1) is 18.2 Å². The van der Waals surface area contributed by atoms with Crippen LogP contribution in [0.4, 0.5) is 0 Å². The van der Waals surface area contributed by atoms with Crippen LogP contribution >= 0.6 is 11.3 Å². The van der Waals surface area contributed by atoms with Crippen molar-refractivity contribution < 1.29 is 9.84 Å². The summed E-state index contributed by atoms with van der Waals surface area (Å²) in [4.78, 5) is 5.18. The summed E-state index contributed by atoms with van der Waals surface area (Å²) in [6, 6.07) is 0. The summed E-state index contributed by atoms with van der Waals surface area (Å²) in [5, 5.41) is 12.9. The molecule has 1 heterocycles. The van der Waals surface area contributed by atoms with E-state index in [0.717, 1.165) is 19.6 Å². The second-order valence-electron chi connectivity index (χ2n) is 4.39. The number of thiazole rings is 1. The van der Waals surface area contributed by atoms with Gasteiger partial charge in [-0.25, -0.2) is 0 Å². The number of nitrogens with one attached hydrogen (secondary N) is 1. The molecule has 0 amide bonds. The van der Waals surface area contributed by atoms with Crippen molar-refractivity contribution in [3.63, 3.8) is 0 Å². The Bertz CT molecular complexity index is 281. The Morgan fingerprint density at radius 1 is 1.44 bits per heavy atom. The molecule has 4 nitrogen and oxygen atoms in total. The number of hydrogen-bond donors (Lipinski definition) is 2. The number of aliphatic hydroxyl groups is 1. The van der Waals surface area contributed by atoms with E-state index in [1.807, 2.05) is 11.7 Å². The molecule has 0 aliphatic carbocycles. The van der Waals surface area contributed by atoms with Gasteiger partial charge in [0.1, 0.15) is 0 Å². The molecule has 1 aromatic heterocycles. The summed E-state index contributed by atoms with van der Waals surface area (Å²) in [7, 11) is 0. The third-order valence-electron chi connectivity index (χ3n) is 2.62. The van der Waals surface area contributed by atoms with Crippen molar-refractivity contribution in [1.29, 1.82) is 0 Å². The minimum absolute atomic E-state index is 0.418. The lowest BCUT2D eigenvalue weighted by Crippen LogP contribution is -2.30. The van der Waals surface area contributed by atoms with Gasteiger partial charge in [-0.3, -0.25) is 4.98 Å². The molecular weight excluding hydrogens is 248 g/mol. The molecule has 5 heteroatoms. The van der Waals surface area contributed by atoms with E-state index in [1.54, 1.807) is 11.3 Å². The third-order valence-corrected chi connectivity index (χ3v) is 3.39. The summed E-state index contributed by atoms with van der Waals surface area (Å²) >= 11 is 1.62. The summed E-state index contributed by atoms with van der Waals surface area (Å²) in [6.07, 6.45) is 6.23. The van der Waals surface area contributed by atoms with Crippen LogP contribution in [0.5, 0.6) is 0 Å². The predicted molar refractivity (Wildman–Crippen MR) is 74.8 cm³/mol. The molecule has 1 atom stereocenters. The molecule has 1 unspecified atom stereocenters. The Morgan fingerprint density at radius 3 is 3.06 bits per heavy atom. The molecule has 1 rings (SSSR count). The Labute approximate surface area is 113 Å². The van der Waals surface area contributed by atoms with Crippen molar-refractivity contribution in [3.8, 4) is 0 Å². The van der Waals surface area contributed by atoms with Gasteiger partial charge in [0.25, 0.3) is 0 Å². The molecule has 1 aromatic rings. The first-order valence-corrected chi connectivity index (χ1v) is 7.54. The number of hydrogen-bond acceptors (Lipinski definition) is 5. The Hall–Kier alpha value is -0.490. The highest BCUT2D eigenvalue weighted by Gasteiger charge is 2.04. The maximum absolute atomic E-state index is 9.68. The topological polar surface area (TPSA) is 54.4 Å². The summed E-state index contributed by atoms with van der Waals surface area (Å²) in [6.45, 7) is 4.69. The first-order valence-electron chi connectivity index (χ1n) is 6.66. The normalized spacial score (nSPS) is 12.8. The van der Waals surface area contributed by atoms with Gasteiger partial charge < -0.3 is 15.2 Å². The molecule has 0 spiro atoms. The van der Waals surface area contributed by atoms with Crippen LogP contribution in [0, 0.1) is 0 Å². The summed E-state index contributed by atoms with van der Waals surface area (Å²) in [5.41, 5.74) is 1.81. The van der Waals surface area contributed by atoms with Crippen LogP contribution in [-0.4, -0.2) is 36.0 Å². The van der Waals surface area contributed by atoms with Gasteiger partial charge in [0.2, 0.25) is 0 Å². The van der Waals surface area contributed by atoms with Crippen LogP contribution in [0.15, 0.2) is 11.7 Å². The van der Waals surface area contributed by atoms with Gasteiger partial charge in [-0.1, -0.05) is 26.2 Å². The molecule has 2 N–H and O–H groups in total. The monoisotopic (exact) mass is 272 g/mol. The van der Waals surface area contributed by atoms with Crippen molar-refractivity contribution in [2.75, 3.05) is 19.8 Å². The molecule has 0 aliphatic rings. The lowest BCUT2D eigenvalue weighted by Gasteiger charge is -2.11. The standard InChI is InChI=1S/C13H24N2O2S/c1-2-3-4-5-6-17-10-12(16)7-14-8-13-9-15-11-18-13/h9,11-12,14,16H,2-8,10H2,1H3. The van der Waals surface area contributed by atoms with E-state index in [1.165, 1.54) is 24.1 Å². The smallest absolute Gasteiger partial charge is 0.0897 e. The number of unbranched alkanes of at least 4 members (excludes halogenated alkanes) is 3. The highest BCUT2D eigenvalue weighted by molar-refractivity contribution is 7.09. The highest BCUT2D eigenvalue weighted by Crippen LogP contribution is 2.04. The number of ether oxygens (including phenoxy) is 1. The molecule has 0 aromatic carbocycles. The molecule has 0 aliphatic heterocycles. The molecule has 0 saturated carbocycles. The molecule has 18 heavy (non-hydrogen) atoms. The third kappa shape index (κ3) is 7.76. The van der Waals surface area contributed by atoms with E-state index in [4.69, 9.17) is 4.74 Å². The zero-order valence-electron chi connectivity index (χ0n) is 11.1. The summed E-state index contributed by atoms with van der Waals surface area (Å²) in [5.74, 6) is 0. The van der Waals surface area contributed by atoms with Crippen molar-refractivity contribution in [1.82, 2.24) is 10.3 Å². The van der Waals surface area contributed by atoms with Gasteiger partial charge in [-0.05, 0) is 6.42 Å². The summed E-state index contributed by atoms with van der Waals surface area (Å²) < 4.78 is 5.43. The van der Waals surface area contributed by atoms with Crippen molar-refractivity contribution in [2.24, 2.45) is 0 Å². The second kappa shape index (κ2) is 10.4. The van der Waals surface area contributed by atoms with Crippen LogP contribution in [0.3, 0.4) is 0 Å². The fourth-order valence-electron chi connectivity index (χ4n) is 1.60. The van der Waals surface area contributed by atoms with E-state index >= 15 is 0 Å². The Balaban J connectivity index is 1.89. The van der Waals surface area contributed by atoms with Crippen LogP contribution in [-0.2, 0) is 11.3 Å². The van der Waals surface area contributed by atoms with Gasteiger partial charge in [-0.2, -0.15) is 0 Å². The van der Waals surface area contributed by atoms with E-state index in [9.17, 15) is 5.11 Å². The fraction of sp³-hybridized carbons (Fsp3) is 0.769. The molecular formula is C13H24N2O2S. The van der Waals surface area contributed by atoms with Gasteiger partial charge in [0.15, 0.2) is 0 Å². The second-order valence-corrected chi connectivity index (χ2v) is 5.36. The number of nitrogens with zero attached hydrogens (tertiary/aromatic N) is 1. The zero-order chi connectivity index (χ0) is 13.1. The van der Waals surface area contributed by atoms with Crippen LogP contribution in [0.2, 0.25) is 0 Å². The van der Waals surface area contributed by atoms with Crippen LogP contribution in [0.1, 0.15) is 37.5 Å². The first-order chi connectivity index (χ1) is 8.83. The molecule has 0 saturated heterocycles. The fourth-order valence-corrected chi connectivity index (χ4v) is 2.16. The van der Waals surface area contributed by atoms with Crippen LogP contribution in [0.25, 0.3) is 0 Å². The maximum Gasteiger partial charge on any atom is 0.0897 e. The molecule has 0 radical (unpaired) electrons. The van der Waals surface area contributed by atoms with Crippen LogP contribution < -0.4 is 5.32 Å². The van der Waals surface area contributed by atoms with E-state index < -0.39 is 6.10 Å². The average Bonchev–Trinajstić information content (AvgIpc) is 2.87. The van der Waals surface area contributed by atoms with E-state index in [0.29, 0.717) is 13.2 Å². The van der Waals surface area contributed by atoms with Gasteiger partial charge in [0, 0.05) is 30.8 Å². The number of aliphatic hydroxyl groups excluding tert-OH is 1. The number of rotatable bonds is 11. The highest BCUT2D eigenvalue weighted by atomic mass is 32.1. The van der Waals surface area contributed by atoms with Crippen molar-refractivity contribution in [2.45, 2.75) is 45.3 Å². The van der Waals surface area contributed by atoms with Gasteiger partial charge in [-0.15, -0.1) is 11.3 Å². The lowest BCUT2D eigenvalue weighted by atomic mass is 10.2. The number of aromatic nitrogens is 1. The Kier molecular flexibility index (Phi) is 9.02. The van der Waals surface area contributed by atoms with E-state index in [2.05, 4.69) is 17.2 Å². The lowest BCUT2D eigenvalue weighted by molar-refractivity contribution is 0.0353. The van der Waals surface area contributed by atoms with Crippen molar-refractivity contribution >= 4 is 11.3 Å². The molecule has 0 fully saturated rings. The van der Waals surface area contributed by atoms with Crippen molar-refractivity contribution in [3.05, 3.63) is 16.6 Å². The first kappa shape index (κ1) is 15.6. The average molecular weight is 272 g/mol. The maximum atomic E-state index is 9.68.